The van der Waals surface area contributed by atoms with Crippen LogP contribution in [-0.4, -0.2) is 5.97 Å². The molecule has 0 fully saturated rings. The summed E-state index contributed by atoms with van der Waals surface area (Å²) in [6.45, 7) is 10.3. The first-order valence-corrected chi connectivity index (χ1v) is 3.77. The molecule has 0 N–H and O–H groups in total. The Labute approximate surface area is 76.4 Å². The van der Waals surface area contributed by atoms with Gasteiger partial charge in [-0.3, -0.25) is 0 Å². The number of nitrogens with zero attached hydrogens (tertiary/aromatic N) is 1. The van der Waals surface area contributed by atoms with Crippen LogP contribution >= 0.6 is 0 Å². The fraction of sp³-hybridized carbons (Fsp3) is 0.200. The van der Waals surface area contributed by atoms with Crippen molar-refractivity contribution in [2.75, 3.05) is 0 Å². The summed E-state index contributed by atoms with van der Waals surface area (Å²) in [7, 11) is 0. The zero-order valence-corrected chi connectivity index (χ0v) is 7.42. The van der Waals surface area contributed by atoms with Gasteiger partial charge in [0.05, 0.1) is 12.5 Å². The Balaban J connectivity index is 3.47. The van der Waals surface area contributed by atoms with E-state index in [0.29, 0.717) is 11.3 Å². The van der Waals surface area contributed by atoms with E-state index < -0.39 is 5.97 Å². The number of rotatable bonds is 1. The molecule has 0 aliphatic rings. The van der Waals surface area contributed by atoms with Crippen molar-refractivity contribution >= 4 is 11.7 Å². The summed E-state index contributed by atoms with van der Waals surface area (Å²) in [5.74, 6) is -1.23. The van der Waals surface area contributed by atoms with Gasteiger partial charge in [0.1, 0.15) is 0 Å². The first kappa shape index (κ1) is 9.27. The molecule has 0 amide bonds. The number of carboxylic acids is 1. The molecule has 1 rings (SSSR count). The topological polar surface area (TPSA) is 44.5 Å². The first-order valence-electron chi connectivity index (χ1n) is 3.77. The standard InChI is InChI=1S/C10H9NO2/c1-6-4-5-8(10(12)13)7(2)9(6)11-3/h4-5H,1-2H3,(H,12,13)/p-1. The predicted octanol–water partition coefficient (Wildman–Crippen LogP) is 1.22. The number of carbonyl (C=O) groups is 1. The molecule has 3 heteroatoms. The van der Waals surface area contributed by atoms with Crippen LogP contribution in [0.3, 0.4) is 0 Å². The van der Waals surface area contributed by atoms with Crippen LogP contribution in [0.4, 0.5) is 5.69 Å². The molecule has 0 bridgehead atoms. The van der Waals surface area contributed by atoms with E-state index in [1.165, 1.54) is 6.07 Å². The zero-order valence-electron chi connectivity index (χ0n) is 7.42. The van der Waals surface area contributed by atoms with Gasteiger partial charge < -0.3 is 9.90 Å². The third-order valence-electron chi connectivity index (χ3n) is 1.96. The largest absolute Gasteiger partial charge is 0.545 e. The maximum absolute atomic E-state index is 10.6. The molecule has 0 radical (unpaired) electrons. The second-order valence-corrected chi connectivity index (χ2v) is 2.80. The Hall–Kier alpha value is -1.82. The Morgan fingerprint density at radius 2 is 2.08 bits per heavy atom. The van der Waals surface area contributed by atoms with Gasteiger partial charge in [-0.1, -0.05) is 12.1 Å². The van der Waals surface area contributed by atoms with Crippen LogP contribution in [0.25, 0.3) is 4.85 Å². The van der Waals surface area contributed by atoms with Gasteiger partial charge in [-0.25, -0.2) is 4.85 Å². The molecule has 13 heavy (non-hydrogen) atoms. The molecule has 66 valence electrons. The smallest absolute Gasteiger partial charge is 0.193 e. The Kier molecular flexibility index (Phi) is 2.34. The monoisotopic (exact) mass is 174 g/mol. The van der Waals surface area contributed by atoms with Crippen molar-refractivity contribution < 1.29 is 9.90 Å². The lowest BCUT2D eigenvalue weighted by Gasteiger charge is -2.09. The average molecular weight is 174 g/mol. The summed E-state index contributed by atoms with van der Waals surface area (Å²) in [5, 5.41) is 10.6. The van der Waals surface area contributed by atoms with E-state index >= 15 is 0 Å². The summed E-state index contributed by atoms with van der Waals surface area (Å²) in [6, 6.07) is 3.08. The molecule has 0 atom stereocenters. The normalized spacial score (nSPS) is 9.31. The van der Waals surface area contributed by atoms with Crippen molar-refractivity contribution in [1.29, 1.82) is 0 Å². The number of carbonyl (C=O) groups excluding carboxylic acids is 1. The van der Waals surface area contributed by atoms with Gasteiger partial charge >= 0.3 is 0 Å². The molecular weight excluding hydrogens is 166 g/mol. The maximum atomic E-state index is 10.6. The van der Waals surface area contributed by atoms with Crippen LogP contribution in [0.15, 0.2) is 12.1 Å². The van der Waals surface area contributed by atoms with Gasteiger partial charge in [-0.15, -0.1) is 0 Å². The summed E-state index contributed by atoms with van der Waals surface area (Å²) in [4.78, 5) is 13.9. The predicted molar refractivity (Wildman–Crippen MR) is 46.5 cm³/mol. The minimum absolute atomic E-state index is 0.0941. The van der Waals surface area contributed by atoms with Crippen molar-refractivity contribution in [1.82, 2.24) is 0 Å². The molecule has 0 aliphatic carbocycles. The van der Waals surface area contributed by atoms with Gasteiger partial charge in [0.2, 0.25) is 0 Å². The second-order valence-electron chi connectivity index (χ2n) is 2.80. The van der Waals surface area contributed by atoms with Gasteiger partial charge in [0.15, 0.2) is 5.69 Å². The number of hydrogen-bond donors (Lipinski definition) is 0. The second kappa shape index (κ2) is 3.28. The average Bonchev–Trinajstić information content (AvgIpc) is 2.04. The molecule has 0 aliphatic heterocycles. The summed E-state index contributed by atoms with van der Waals surface area (Å²) in [5.41, 5.74) is 1.77. The summed E-state index contributed by atoms with van der Waals surface area (Å²) < 4.78 is 0. The van der Waals surface area contributed by atoms with E-state index in [9.17, 15) is 9.90 Å². The Morgan fingerprint density at radius 1 is 1.46 bits per heavy atom. The van der Waals surface area contributed by atoms with Crippen LogP contribution < -0.4 is 5.11 Å². The van der Waals surface area contributed by atoms with E-state index in [1.54, 1.807) is 19.9 Å². The van der Waals surface area contributed by atoms with Gasteiger partial charge in [0, 0.05) is 0 Å². The van der Waals surface area contributed by atoms with Crippen LogP contribution in [0.2, 0.25) is 0 Å². The lowest BCUT2D eigenvalue weighted by molar-refractivity contribution is -0.255. The van der Waals surface area contributed by atoms with Gasteiger partial charge in [0.25, 0.3) is 0 Å². The van der Waals surface area contributed by atoms with Crippen LogP contribution in [0.1, 0.15) is 21.5 Å². The van der Waals surface area contributed by atoms with Crippen LogP contribution in [0, 0.1) is 20.4 Å². The molecule has 0 saturated heterocycles. The van der Waals surface area contributed by atoms with Crippen LogP contribution in [0.5, 0.6) is 0 Å². The zero-order chi connectivity index (χ0) is 10.0. The van der Waals surface area contributed by atoms with Crippen molar-refractivity contribution in [3.8, 4) is 0 Å². The van der Waals surface area contributed by atoms with Crippen molar-refractivity contribution in [3.05, 3.63) is 40.2 Å². The lowest BCUT2D eigenvalue weighted by atomic mass is 10.0. The summed E-state index contributed by atoms with van der Waals surface area (Å²) in [6.07, 6.45) is 0. The molecule has 1 aromatic rings. The maximum Gasteiger partial charge on any atom is 0.193 e. The number of hydrogen-bond acceptors (Lipinski definition) is 2. The van der Waals surface area contributed by atoms with Gasteiger partial charge in [-0.05, 0) is 30.5 Å². The number of aromatic carboxylic acids is 1. The number of carboxylic acid groups (broad SMARTS) is 1. The van der Waals surface area contributed by atoms with Crippen molar-refractivity contribution in [2.45, 2.75) is 13.8 Å². The quantitative estimate of drug-likeness (QED) is 0.601. The number of benzene rings is 1. The number of aryl methyl sites for hydroxylation is 1. The molecule has 0 heterocycles. The SMILES string of the molecule is [C-]#[N+]c1c(C)ccc(C(=O)[O-])c1C. The third-order valence-corrected chi connectivity index (χ3v) is 1.96. The highest BCUT2D eigenvalue weighted by Gasteiger charge is 2.06. The van der Waals surface area contributed by atoms with E-state index in [1.807, 2.05) is 0 Å². The molecule has 0 saturated carbocycles. The third kappa shape index (κ3) is 1.52. The summed E-state index contributed by atoms with van der Waals surface area (Å²) >= 11 is 0. The molecule has 1 aromatic carbocycles. The lowest BCUT2D eigenvalue weighted by Crippen LogP contribution is -2.23. The first-order chi connectivity index (χ1) is 6.07. The van der Waals surface area contributed by atoms with E-state index in [-0.39, 0.29) is 5.56 Å². The van der Waals surface area contributed by atoms with Crippen molar-refractivity contribution in [3.63, 3.8) is 0 Å². The molecule has 0 unspecified atom stereocenters. The highest BCUT2D eigenvalue weighted by molar-refractivity contribution is 5.90. The molecular formula is C10H8NO2-. The molecule has 0 aromatic heterocycles. The molecule has 0 spiro atoms. The minimum Gasteiger partial charge on any atom is -0.545 e. The minimum atomic E-state index is -1.23. The molecule has 3 nitrogen and oxygen atoms in total. The van der Waals surface area contributed by atoms with E-state index in [2.05, 4.69) is 4.85 Å². The Bertz CT molecular complexity index is 402. The van der Waals surface area contributed by atoms with E-state index in [0.717, 1.165) is 5.56 Å². The van der Waals surface area contributed by atoms with Gasteiger partial charge in [-0.2, -0.15) is 0 Å². The highest BCUT2D eigenvalue weighted by atomic mass is 16.4. The fourth-order valence-electron chi connectivity index (χ4n) is 1.23. The van der Waals surface area contributed by atoms with Crippen molar-refractivity contribution in [2.24, 2.45) is 0 Å². The fourth-order valence-corrected chi connectivity index (χ4v) is 1.23. The Morgan fingerprint density at radius 3 is 2.54 bits per heavy atom. The van der Waals surface area contributed by atoms with Crippen LogP contribution in [-0.2, 0) is 0 Å². The highest BCUT2D eigenvalue weighted by Crippen LogP contribution is 2.25. The van der Waals surface area contributed by atoms with E-state index in [4.69, 9.17) is 6.57 Å².